The molecule has 2 nitrogen and oxygen atoms in total. The lowest BCUT2D eigenvalue weighted by Gasteiger charge is -2.10. The molecule has 0 aliphatic rings. The van der Waals surface area contributed by atoms with Gasteiger partial charge in [0.2, 0.25) is 0 Å². The Balaban J connectivity index is 0.00000208. The summed E-state index contributed by atoms with van der Waals surface area (Å²) >= 11 is 0. The maximum atomic E-state index is 5.92. The third-order valence-electron chi connectivity index (χ3n) is 3.79. The number of nitrogens with two attached hydrogens (primary N) is 1. The van der Waals surface area contributed by atoms with E-state index >= 15 is 0 Å². The smallest absolute Gasteiger partial charge is 0.120 e. The standard InChI is InChI=1S/C21H21NO.ClH/c1-16-10-18(14-22)12-20(11-16)19-8-5-9-21(13-19)23-15-17-6-3-2-4-7-17;/h2-13H,14-15,22H2,1H3;1H. The van der Waals surface area contributed by atoms with E-state index < -0.39 is 0 Å². The molecule has 24 heavy (non-hydrogen) atoms. The van der Waals surface area contributed by atoms with E-state index in [2.05, 4.69) is 49.4 Å². The second-order valence-electron chi connectivity index (χ2n) is 5.71. The number of aryl methyl sites for hydroxylation is 1. The summed E-state index contributed by atoms with van der Waals surface area (Å²) in [6.07, 6.45) is 0. The van der Waals surface area contributed by atoms with Gasteiger partial charge >= 0.3 is 0 Å². The predicted octanol–water partition coefficient (Wildman–Crippen LogP) is 5.12. The van der Waals surface area contributed by atoms with Gasteiger partial charge in [-0.25, -0.2) is 0 Å². The second kappa shape index (κ2) is 8.53. The quantitative estimate of drug-likeness (QED) is 0.700. The van der Waals surface area contributed by atoms with Gasteiger partial charge in [-0.05, 0) is 47.4 Å². The van der Waals surface area contributed by atoms with Crippen molar-refractivity contribution in [1.82, 2.24) is 0 Å². The van der Waals surface area contributed by atoms with Crippen molar-refractivity contribution in [1.29, 1.82) is 0 Å². The van der Waals surface area contributed by atoms with E-state index in [1.807, 2.05) is 30.3 Å². The van der Waals surface area contributed by atoms with Crippen LogP contribution >= 0.6 is 12.4 Å². The van der Waals surface area contributed by atoms with Gasteiger partial charge in [0.25, 0.3) is 0 Å². The molecule has 0 amide bonds. The molecule has 3 heteroatoms. The summed E-state index contributed by atoms with van der Waals surface area (Å²) in [4.78, 5) is 0. The zero-order valence-electron chi connectivity index (χ0n) is 13.7. The molecule has 2 N–H and O–H groups in total. The van der Waals surface area contributed by atoms with E-state index in [9.17, 15) is 0 Å². The highest BCUT2D eigenvalue weighted by Gasteiger charge is 2.03. The van der Waals surface area contributed by atoms with E-state index in [-0.39, 0.29) is 12.4 Å². The van der Waals surface area contributed by atoms with Gasteiger partial charge in [0.05, 0.1) is 0 Å². The highest BCUT2D eigenvalue weighted by Crippen LogP contribution is 2.26. The van der Waals surface area contributed by atoms with Gasteiger partial charge in [-0.15, -0.1) is 12.4 Å². The fourth-order valence-corrected chi connectivity index (χ4v) is 2.65. The number of halogens is 1. The first kappa shape index (κ1) is 18.1. The van der Waals surface area contributed by atoms with Crippen LogP contribution in [0.15, 0.2) is 72.8 Å². The molecule has 124 valence electrons. The molecule has 0 saturated heterocycles. The van der Waals surface area contributed by atoms with E-state index in [0.29, 0.717) is 13.2 Å². The fourth-order valence-electron chi connectivity index (χ4n) is 2.65. The molecule has 3 aromatic carbocycles. The Labute approximate surface area is 149 Å². The fraction of sp³-hybridized carbons (Fsp3) is 0.143. The summed E-state index contributed by atoms with van der Waals surface area (Å²) in [5, 5.41) is 0. The van der Waals surface area contributed by atoms with Gasteiger partial charge in [0.15, 0.2) is 0 Å². The van der Waals surface area contributed by atoms with Crippen LogP contribution in [0, 0.1) is 6.92 Å². The molecule has 0 bridgehead atoms. The van der Waals surface area contributed by atoms with Crippen molar-refractivity contribution in [3.8, 4) is 16.9 Å². The van der Waals surface area contributed by atoms with Crippen LogP contribution in [-0.2, 0) is 13.2 Å². The van der Waals surface area contributed by atoms with Crippen molar-refractivity contribution in [2.45, 2.75) is 20.1 Å². The first-order valence-corrected chi connectivity index (χ1v) is 7.82. The molecule has 0 radical (unpaired) electrons. The van der Waals surface area contributed by atoms with Gasteiger partial charge < -0.3 is 10.5 Å². The third kappa shape index (κ3) is 4.60. The predicted molar refractivity (Wildman–Crippen MR) is 103 cm³/mol. The highest BCUT2D eigenvalue weighted by atomic mass is 35.5. The van der Waals surface area contributed by atoms with Crippen LogP contribution < -0.4 is 10.5 Å². The zero-order chi connectivity index (χ0) is 16.1. The Morgan fingerprint density at radius 1 is 0.792 bits per heavy atom. The normalized spacial score (nSPS) is 10.1. The van der Waals surface area contributed by atoms with Crippen LogP contribution in [-0.4, -0.2) is 0 Å². The van der Waals surface area contributed by atoms with Crippen molar-refractivity contribution in [2.75, 3.05) is 0 Å². The van der Waals surface area contributed by atoms with E-state index in [1.54, 1.807) is 0 Å². The molecule has 0 aliphatic heterocycles. The molecular weight excluding hydrogens is 318 g/mol. The Morgan fingerprint density at radius 2 is 1.58 bits per heavy atom. The van der Waals surface area contributed by atoms with Gasteiger partial charge in [-0.1, -0.05) is 60.2 Å². The minimum atomic E-state index is 0. The first-order chi connectivity index (χ1) is 11.2. The molecular formula is C21H22ClNO. The highest BCUT2D eigenvalue weighted by molar-refractivity contribution is 5.85. The van der Waals surface area contributed by atoms with Crippen LogP contribution in [0.1, 0.15) is 16.7 Å². The van der Waals surface area contributed by atoms with E-state index in [4.69, 9.17) is 10.5 Å². The molecule has 0 unspecified atom stereocenters. The lowest BCUT2D eigenvalue weighted by Crippen LogP contribution is -1.97. The Bertz CT molecular complexity index is 787. The Kier molecular flexibility index (Phi) is 6.42. The molecule has 0 spiro atoms. The van der Waals surface area contributed by atoms with Crippen molar-refractivity contribution >= 4 is 12.4 Å². The van der Waals surface area contributed by atoms with Crippen LogP contribution in [0.4, 0.5) is 0 Å². The number of rotatable bonds is 5. The maximum Gasteiger partial charge on any atom is 0.120 e. The minimum Gasteiger partial charge on any atom is -0.489 e. The van der Waals surface area contributed by atoms with Gasteiger partial charge in [-0.3, -0.25) is 0 Å². The topological polar surface area (TPSA) is 35.2 Å². The monoisotopic (exact) mass is 339 g/mol. The summed E-state index contributed by atoms with van der Waals surface area (Å²) < 4.78 is 5.92. The number of benzene rings is 3. The average Bonchev–Trinajstić information content (AvgIpc) is 2.60. The third-order valence-corrected chi connectivity index (χ3v) is 3.79. The molecule has 0 heterocycles. The van der Waals surface area contributed by atoms with Crippen LogP contribution in [0.3, 0.4) is 0 Å². The molecule has 3 rings (SSSR count). The van der Waals surface area contributed by atoms with Crippen LogP contribution in [0.25, 0.3) is 11.1 Å². The summed E-state index contributed by atoms with van der Waals surface area (Å²) in [5.41, 5.74) is 11.6. The summed E-state index contributed by atoms with van der Waals surface area (Å²) in [6.45, 7) is 3.23. The number of hydrogen-bond donors (Lipinski definition) is 1. The summed E-state index contributed by atoms with van der Waals surface area (Å²) in [7, 11) is 0. The van der Waals surface area contributed by atoms with E-state index in [0.717, 1.165) is 16.9 Å². The maximum absolute atomic E-state index is 5.92. The largest absolute Gasteiger partial charge is 0.489 e. The van der Waals surface area contributed by atoms with Crippen molar-refractivity contribution in [3.63, 3.8) is 0 Å². The zero-order valence-corrected chi connectivity index (χ0v) is 14.6. The lowest BCUT2D eigenvalue weighted by molar-refractivity contribution is 0.306. The first-order valence-electron chi connectivity index (χ1n) is 7.82. The minimum absolute atomic E-state index is 0. The van der Waals surface area contributed by atoms with Crippen LogP contribution in [0.2, 0.25) is 0 Å². The van der Waals surface area contributed by atoms with Crippen molar-refractivity contribution < 1.29 is 4.74 Å². The van der Waals surface area contributed by atoms with Crippen LogP contribution in [0.5, 0.6) is 5.75 Å². The lowest BCUT2D eigenvalue weighted by atomic mass is 10.00. The molecule has 0 aromatic heterocycles. The van der Waals surface area contributed by atoms with Crippen molar-refractivity contribution in [2.24, 2.45) is 5.73 Å². The number of hydrogen-bond acceptors (Lipinski definition) is 2. The SMILES string of the molecule is Cc1cc(CN)cc(-c2cccc(OCc3ccccc3)c2)c1.Cl. The molecule has 0 atom stereocenters. The van der Waals surface area contributed by atoms with Crippen molar-refractivity contribution in [3.05, 3.63) is 89.5 Å². The summed E-state index contributed by atoms with van der Waals surface area (Å²) in [5.74, 6) is 0.877. The molecule has 3 aromatic rings. The average molecular weight is 340 g/mol. The molecule has 0 fully saturated rings. The molecule has 0 saturated carbocycles. The Hall–Kier alpha value is -2.29. The molecule has 0 aliphatic carbocycles. The second-order valence-corrected chi connectivity index (χ2v) is 5.71. The van der Waals surface area contributed by atoms with Gasteiger partial charge in [0.1, 0.15) is 12.4 Å². The summed E-state index contributed by atoms with van der Waals surface area (Å²) in [6, 6.07) is 24.8. The van der Waals surface area contributed by atoms with Gasteiger partial charge in [0, 0.05) is 6.54 Å². The number of ether oxygens (including phenoxy) is 1. The van der Waals surface area contributed by atoms with Gasteiger partial charge in [-0.2, -0.15) is 0 Å². The van der Waals surface area contributed by atoms with E-state index in [1.165, 1.54) is 16.7 Å². The Morgan fingerprint density at radius 3 is 2.33 bits per heavy atom.